The van der Waals surface area contributed by atoms with Crippen molar-refractivity contribution in [2.75, 3.05) is 14.2 Å². The number of methoxy groups -OCH3 is 1. The highest BCUT2D eigenvalue weighted by Crippen LogP contribution is 2.17. The molecule has 1 aromatic carbocycles. The van der Waals surface area contributed by atoms with Gasteiger partial charge in [-0.3, -0.25) is 9.58 Å². The van der Waals surface area contributed by atoms with Crippen LogP contribution in [0.2, 0.25) is 5.02 Å². The molecule has 0 amide bonds. The molecule has 8 heteroatoms. The highest BCUT2D eigenvalue weighted by Gasteiger charge is 2.20. The molecule has 0 aliphatic heterocycles. The van der Waals surface area contributed by atoms with Gasteiger partial charge in [-0.25, -0.2) is 9.18 Å². The molecule has 118 valence electrons. The summed E-state index contributed by atoms with van der Waals surface area (Å²) in [5.74, 6) is -0.987. The fraction of sp³-hybridized carbons (Fsp3) is 0.357. The van der Waals surface area contributed by atoms with Crippen molar-refractivity contribution < 1.29 is 13.9 Å². The minimum Gasteiger partial charge on any atom is -0.464 e. The van der Waals surface area contributed by atoms with Crippen molar-refractivity contribution in [1.29, 1.82) is 0 Å². The monoisotopic (exact) mass is 326 g/mol. The van der Waals surface area contributed by atoms with Crippen LogP contribution in [0.1, 0.15) is 21.7 Å². The largest absolute Gasteiger partial charge is 0.464 e. The maximum atomic E-state index is 13.5. The summed E-state index contributed by atoms with van der Waals surface area (Å²) in [6, 6.07) is 4.66. The summed E-state index contributed by atoms with van der Waals surface area (Å²) in [6.07, 6.45) is 0. The van der Waals surface area contributed by atoms with E-state index < -0.39 is 11.8 Å². The molecule has 0 spiro atoms. The van der Waals surface area contributed by atoms with Gasteiger partial charge in [-0.2, -0.15) is 0 Å². The summed E-state index contributed by atoms with van der Waals surface area (Å²) in [5, 5.41) is 7.73. The average molecular weight is 327 g/mol. The summed E-state index contributed by atoms with van der Waals surface area (Å²) < 4.78 is 19.7. The van der Waals surface area contributed by atoms with Gasteiger partial charge in [-0.1, -0.05) is 22.9 Å². The van der Waals surface area contributed by atoms with Gasteiger partial charge in [0.25, 0.3) is 0 Å². The van der Waals surface area contributed by atoms with Crippen LogP contribution >= 0.6 is 11.6 Å². The van der Waals surface area contributed by atoms with Crippen molar-refractivity contribution in [2.24, 2.45) is 7.05 Å². The number of nitrogens with zero attached hydrogens (tertiary/aromatic N) is 4. The van der Waals surface area contributed by atoms with Gasteiger partial charge in [-0.05, 0) is 24.7 Å². The molecule has 0 radical (unpaired) electrons. The van der Waals surface area contributed by atoms with Gasteiger partial charge in [0, 0.05) is 20.1 Å². The van der Waals surface area contributed by atoms with Crippen LogP contribution in [0.5, 0.6) is 0 Å². The number of carbonyl (C=O) groups excluding carboxylic acids is 1. The molecule has 2 rings (SSSR count). The Bertz CT molecular complexity index is 689. The summed E-state index contributed by atoms with van der Waals surface area (Å²) in [7, 11) is 4.84. The highest BCUT2D eigenvalue weighted by molar-refractivity contribution is 6.30. The van der Waals surface area contributed by atoms with E-state index in [-0.39, 0.29) is 10.7 Å². The lowest BCUT2D eigenvalue weighted by Crippen LogP contribution is -2.21. The van der Waals surface area contributed by atoms with Crippen LogP contribution in [0.4, 0.5) is 4.39 Å². The standard InChI is InChI=1S/C14H16ClFN4O2/c1-19(7-9-4-5-10(15)11(16)6-9)8-12-13(14(21)22-3)17-18-20(12)2/h4-6H,7-8H2,1-3H3. The van der Waals surface area contributed by atoms with Crippen molar-refractivity contribution in [3.05, 3.63) is 46.0 Å². The number of ether oxygens (including phenoxy) is 1. The molecule has 0 saturated carbocycles. The number of halogens is 2. The van der Waals surface area contributed by atoms with Crippen molar-refractivity contribution in [3.63, 3.8) is 0 Å². The van der Waals surface area contributed by atoms with E-state index in [9.17, 15) is 9.18 Å². The van der Waals surface area contributed by atoms with Crippen LogP contribution in [0.3, 0.4) is 0 Å². The zero-order chi connectivity index (χ0) is 16.3. The molecular formula is C14H16ClFN4O2. The van der Waals surface area contributed by atoms with E-state index in [0.717, 1.165) is 5.56 Å². The number of rotatable bonds is 5. The Morgan fingerprint density at radius 2 is 2.18 bits per heavy atom. The van der Waals surface area contributed by atoms with Crippen LogP contribution in [-0.2, 0) is 24.9 Å². The van der Waals surface area contributed by atoms with Gasteiger partial charge in [0.1, 0.15) is 5.82 Å². The van der Waals surface area contributed by atoms with Crippen LogP contribution < -0.4 is 0 Å². The molecule has 0 atom stereocenters. The Kier molecular flexibility index (Phi) is 5.10. The Hall–Kier alpha value is -1.99. The third kappa shape index (κ3) is 3.61. The molecule has 2 aromatic rings. The number of hydrogen-bond donors (Lipinski definition) is 0. The number of aryl methyl sites for hydroxylation is 1. The SMILES string of the molecule is COC(=O)c1nnn(C)c1CN(C)Cc1ccc(Cl)c(F)c1. The van der Waals surface area contributed by atoms with E-state index in [1.807, 2.05) is 11.9 Å². The van der Waals surface area contributed by atoms with Crippen molar-refractivity contribution in [1.82, 2.24) is 19.9 Å². The van der Waals surface area contributed by atoms with Gasteiger partial charge < -0.3 is 4.74 Å². The van der Waals surface area contributed by atoms with Gasteiger partial charge in [0.05, 0.1) is 17.8 Å². The van der Waals surface area contributed by atoms with E-state index in [4.69, 9.17) is 11.6 Å². The van der Waals surface area contributed by atoms with Crippen LogP contribution in [0.25, 0.3) is 0 Å². The second-order valence-electron chi connectivity index (χ2n) is 4.92. The lowest BCUT2D eigenvalue weighted by atomic mass is 10.2. The maximum Gasteiger partial charge on any atom is 0.360 e. The fourth-order valence-electron chi connectivity index (χ4n) is 2.07. The quantitative estimate of drug-likeness (QED) is 0.787. The number of hydrogen-bond acceptors (Lipinski definition) is 5. The molecule has 0 unspecified atom stereocenters. The van der Waals surface area contributed by atoms with Crippen LogP contribution in [-0.4, -0.2) is 40.0 Å². The molecule has 0 saturated heterocycles. The van der Waals surface area contributed by atoms with Crippen LogP contribution in [0.15, 0.2) is 18.2 Å². The van der Waals surface area contributed by atoms with E-state index in [1.54, 1.807) is 13.1 Å². The molecule has 0 N–H and O–H groups in total. The molecule has 0 aliphatic carbocycles. The first-order chi connectivity index (χ1) is 10.4. The molecule has 0 aliphatic rings. The number of esters is 1. The fourth-order valence-corrected chi connectivity index (χ4v) is 2.19. The predicted molar refractivity (Wildman–Crippen MR) is 78.9 cm³/mol. The first-order valence-electron chi connectivity index (χ1n) is 6.51. The molecule has 0 fully saturated rings. The molecule has 1 aromatic heterocycles. The Morgan fingerprint density at radius 1 is 1.45 bits per heavy atom. The minimum absolute atomic E-state index is 0.0928. The van der Waals surface area contributed by atoms with Gasteiger partial charge >= 0.3 is 5.97 Å². The van der Waals surface area contributed by atoms with Crippen molar-refractivity contribution in [2.45, 2.75) is 13.1 Å². The van der Waals surface area contributed by atoms with E-state index >= 15 is 0 Å². The zero-order valence-electron chi connectivity index (χ0n) is 12.5. The molecular weight excluding hydrogens is 311 g/mol. The van der Waals surface area contributed by atoms with Crippen LogP contribution in [0, 0.1) is 5.82 Å². The Balaban J connectivity index is 2.12. The average Bonchev–Trinajstić information content (AvgIpc) is 2.83. The number of aromatic nitrogens is 3. The van der Waals surface area contributed by atoms with Crippen molar-refractivity contribution >= 4 is 17.6 Å². The normalized spacial score (nSPS) is 11.0. The first-order valence-corrected chi connectivity index (χ1v) is 6.89. The van der Waals surface area contributed by atoms with E-state index in [0.29, 0.717) is 18.8 Å². The smallest absolute Gasteiger partial charge is 0.360 e. The Morgan fingerprint density at radius 3 is 2.82 bits per heavy atom. The molecule has 1 heterocycles. The number of carbonyl (C=O) groups is 1. The molecule has 0 bridgehead atoms. The summed E-state index contributed by atoms with van der Waals surface area (Å²) in [6.45, 7) is 0.901. The second-order valence-corrected chi connectivity index (χ2v) is 5.33. The van der Waals surface area contributed by atoms with E-state index in [2.05, 4.69) is 15.0 Å². The lowest BCUT2D eigenvalue weighted by molar-refractivity contribution is 0.0591. The summed E-state index contributed by atoms with van der Waals surface area (Å²) >= 11 is 5.66. The summed E-state index contributed by atoms with van der Waals surface area (Å²) in [5.41, 5.74) is 1.59. The third-order valence-electron chi connectivity index (χ3n) is 3.18. The van der Waals surface area contributed by atoms with Gasteiger partial charge in [0.2, 0.25) is 0 Å². The van der Waals surface area contributed by atoms with Gasteiger partial charge in [0.15, 0.2) is 5.69 Å². The first kappa shape index (κ1) is 16.4. The topological polar surface area (TPSA) is 60.2 Å². The third-order valence-corrected chi connectivity index (χ3v) is 3.48. The zero-order valence-corrected chi connectivity index (χ0v) is 13.3. The van der Waals surface area contributed by atoms with Gasteiger partial charge in [-0.15, -0.1) is 5.10 Å². The Labute approximate surface area is 132 Å². The van der Waals surface area contributed by atoms with E-state index in [1.165, 1.54) is 23.9 Å². The summed E-state index contributed by atoms with van der Waals surface area (Å²) in [4.78, 5) is 13.6. The maximum absolute atomic E-state index is 13.5. The molecule has 22 heavy (non-hydrogen) atoms. The lowest BCUT2D eigenvalue weighted by Gasteiger charge is -2.17. The highest BCUT2D eigenvalue weighted by atomic mass is 35.5. The number of benzene rings is 1. The predicted octanol–water partition coefficient (Wildman–Crippen LogP) is 2.03. The minimum atomic E-state index is -0.533. The second kappa shape index (κ2) is 6.85. The molecule has 6 nitrogen and oxygen atoms in total. The van der Waals surface area contributed by atoms with Crippen molar-refractivity contribution in [3.8, 4) is 0 Å².